The second kappa shape index (κ2) is 9.93. The third-order valence-electron chi connectivity index (χ3n) is 5.41. The van der Waals surface area contributed by atoms with Crippen molar-refractivity contribution in [3.05, 3.63) is 94.6 Å². The quantitative estimate of drug-likeness (QED) is 0.432. The number of benzene rings is 3. The number of barbiturate groups is 1. The molecule has 0 aliphatic carbocycles. The predicted molar refractivity (Wildman–Crippen MR) is 129 cm³/mol. The number of rotatable bonds is 6. The number of carbonyl (C=O) groups is 3. The molecule has 0 bridgehead atoms. The smallest absolute Gasteiger partial charge is 0.335 e. The Morgan fingerprint density at radius 1 is 1.00 bits per heavy atom. The normalized spacial score (nSPS) is 14.5. The minimum atomic E-state index is -0.806. The van der Waals surface area contributed by atoms with Gasteiger partial charge in [-0.1, -0.05) is 42.0 Å². The maximum Gasteiger partial charge on any atom is 0.335 e. The first kappa shape index (κ1) is 23.3. The lowest BCUT2D eigenvalue weighted by atomic mass is 10.1. The van der Waals surface area contributed by atoms with Gasteiger partial charge in [0.15, 0.2) is 11.5 Å². The van der Waals surface area contributed by atoms with E-state index in [1.54, 1.807) is 60.7 Å². The first-order valence-electron chi connectivity index (χ1n) is 10.7. The van der Waals surface area contributed by atoms with E-state index in [-0.39, 0.29) is 12.2 Å². The number of ether oxygens (including phenoxy) is 2. The molecule has 0 aromatic heterocycles. The van der Waals surface area contributed by atoms with E-state index in [2.05, 4.69) is 11.4 Å². The number of nitrogens with zero attached hydrogens (tertiary/aromatic N) is 2. The summed E-state index contributed by atoms with van der Waals surface area (Å²) in [5, 5.41) is 11.5. The average Bonchev–Trinajstić information content (AvgIpc) is 2.86. The van der Waals surface area contributed by atoms with Gasteiger partial charge in [-0.05, 0) is 48.9 Å². The third-order valence-corrected chi connectivity index (χ3v) is 5.41. The molecule has 174 valence electrons. The second-order valence-electron chi connectivity index (χ2n) is 7.76. The number of imide groups is 2. The van der Waals surface area contributed by atoms with Gasteiger partial charge in [0.1, 0.15) is 12.2 Å². The van der Waals surface area contributed by atoms with Crippen LogP contribution in [0, 0.1) is 18.3 Å². The Morgan fingerprint density at radius 3 is 2.46 bits per heavy atom. The van der Waals surface area contributed by atoms with E-state index >= 15 is 0 Å². The van der Waals surface area contributed by atoms with Crippen molar-refractivity contribution in [2.24, 2.45) is 0 Å². The Balaban J connectivity index is 1.60. The van der Waals surface area contributed by atoms with Gasteiger partial charge in [-0.3, -0.25) is 14.9 Å². The van der Waals surface area contributed by atoms with Crippen molar-refractivity contribution in [2.45, 2.75) is 13.5 Å². The third kappa shape index (κ3) is 4.89. The van der Waals surface area contributed by atoms with Gasteiger partial charge in [0.2, 0.25) is 0 Å². The van der Waals surface area contributed by atoms with Crippen molar-refractivity contribution < 1.29 is 23.9 Å². The fourth-order valence-electron chi connectivity index (χ4n) is 3.56. The maximum absolute atomic E-state index is 13.1. The predicted octanol–water partition coefficient (Wildman–Crippen LogP) is 4.12. The Kier molecular flexibility index (Phi) is 6.60. The fourth-order valence-corrected chi connectivity index (χ4v) is 3.56. The summed E-state index contributed by atoms with van der Waals surface area (Å²) in [4.78, 5) is 38.8. The first-order valence-corrected chi connectivity index (χ1v) is 10.7. The van der Waals surface area contributed by atoms with E-state index < -0.39 is 17.8 Å². The van der Waals surface area contributed by atoms with E-state index in [0.717, 1.165) is 16.0 Å². The van der Waals surface area contributed by atoms with Crippen LogP contribution < -0.4 is 19.7 Å². The lowest BCUT2D eigenvalue weighted by molar-refractivity contribution is -0.122. The van der Waals surface area contributed by atoms with Gasteiger partial charge in [-0.15, -0.1) is 0 Å². The Morgan fingerprint density at radius 2 is 1.74 bits per heavy atom. The Hall–Kier alpha value is -4.90. The first-order chi connectivity index (χ1) is 16.9. The Bertz CT molecular complexity index is 1390. The van der Waals surface area contributed by atoms with Gasteiger partial charge in [0.05, 0.1) is 24.4 Å². The fraction of sp³-hybridized carbons (Fsp3) is 0.111. The van der Waals surface area contributed by atoms with Crippen molar-refractivity contribution in [3.63, 3.8) is 0 Å². The number of aryl methyl sites for hydroxylation is 1. The summed E-state index contributed by atoms with van der Waals surface area (Å²) >= 11 is 0. The molecule has 0 spiro atoms. The van der Waals surface area contributed by atoms with Gasteiger partial charge < -0.3 is 9.47 Å². The molecule has 0 radical (unpaired) electrons. The molecule has 1 saturated heterocycles. The van der Waals surface area contributed by atoms with Crippen LogP contribution in [0.1, 0.15) is 22.3 Å². The summed E-state index contributed by atoms with van der Waals surface area (Å²) in [5.41, 5.74) is 2.88. The summed E-state index contributed by atoms with van der Waals surface area (Å²) in [6, 6.07) is 20.2. The molecule has 0 atom stereocenters. The summed E-state index contributed by atoms with van der Waals surface area (Å²) in [6.45, 7) is 2.05. The van der Waals surface area contributed by atoms with Crippen molar-refractivity contribution >= 4 is 29.6 Å². The standard InChI is InChI=1S/C27H21N3O5/c1-17-7-10-21(11-8-17)30-26(32)22(25(31)29-27(30)33)13-18-9-12-23(24(14-18)34-2)35-16-20-6-4-3-5-19(20)15-28/h3-14H,16H2,1-2H3,(H,29,31,33)/b22-13+. The highest BCUT2D eigenvalue weighted by Gasteiger charge is 2.36. The van der Waals surface area contributed by atoms with Crippen molar-refractivity contribution in [3.8, 4) is 17.6 Å². The number of anilines is 1. The van der Waals surface area contributed by atoms with Gasteiger partial charge >= 0.3 is 6.03 Å². The number of amides is 4. The largest absolute Gasteiger partial charge is 0.493 e. The highest BCUT2D eigenvalue weighted by molar-refractivity contribution is 6.39. The number of urea groups is 1. The molecule has 0 saturated carbocycles. The van der Waals surface area contributed by atoms with E-state index in [0.29, 0.717) is 28.3 Å². The second-order valence-corrected chi connectivity index (χ2v) is 7.76. The minimum Gasteiger partial charge on any atom is -0.493 e. The van der Waals surface area contributed by atoms with Crippen LogP contribution in [-0.4, -0.2) is 25.0 Å². The van der Waals surface area contributed by atoms with E-state index in [1.807, 2.05) is 13.0 Å². The van der Waals surface area contributed by atoms with Crippen LogP contribution in [0.15, 0.2) is 72.3 Å². The molecule has 1 aliphatic heterocycles. The van der Waals surface area contributed by atoms with Crippen LogP contribution in [-0.2, 0) is 16.2 Å². The van der Waals surface area contributed by atoms with Crippen LogP contribution in [0.3, 0.4) is 0 Å². The zero-order valence-corrected chi connectivity index (χ0v) is 19.1. The number of nitrogens with one attached hydrogen (secondary N) is 1. The summed E-state index contributed by atoms with van der Waals surface area (Å²) < 4.78 is 11.3. The van der Waals surface area contributed by atoms with Crippen LogP contribution in [0.4, 0.5) is 10.5 Å². The molecular formula is C27H21N3O5. The van der Waals surface area contributed by atoms with Gasteiger partial charge in [-0.2, -0.15) is 5.26 Å². The van der Waals surface area contributed by atoms with Gasteiger partial charge in [0, 0.05) is 5.56 Å². The molecule has 1 heterocycles. The molecule has 1 fully saturated rings. The zero-order valence-electron chi connectivity index (χ0n) is 19.1. The lowest BCUT2D eigenvalue weighted by Crippen LogP contribution is -2.54. The summed E-state index contributed by atoms with van der Waals surface area (Å²) in [6.07, 6.45) is 1.39. The molecule has 1 N–H and O–H groups in total. The highest BCUT2D eigenvalue weighted by Crippen LogP contribution is 2.31. The zero-order chi connectivity index (χ0) is 24.9. The molecule has 4 amide bonds. The molecule has 0 unspecified atom stereocenters. The molecule has 1 aliphatic rings. The van der Waals surface area contributed by atoms with Gasteiger partial charge in [-0.25, -0.2) is 9.69 Å². The molecule has 8 nitrogen and oxygen atoms in total. The number of carbonyl (C=O) groups excluding carboxylic acids is 3. The average molecular weight is 467 g/mol. The van der Waals surface area contributed by atoms with Crippen molar-refractivity contribution in [2.75, 3.05) is 12.0 Å². The number of nitriles is 1. The minimum absolute atomic E-state index is 0.162. The molecular weight excluding hydrogens is 446 g/mol. The Labute approximate surface area is 202 Å². The molecule has 8 heteroatoms. The maximum atomic E-state index is 13.1. The monoisotopic (exact) mass is 467 g/mol. The molecule has 3 aromatic carbocycles. The topological polar surface area (TPSA) is 109 Å². The lowest BCUT2D eigenvalue weighted by Gasteiger charge is -2.26. The number of methoxy groups -OCH3 is 1. The molecule has 35 heavy (non-hydrogen) atoms. The van der Waals surface area contributed by atoms with Crippen LogP contribution >= 0.6 is 0 Å². The molecule has 4 rings (SSSR count). The van der Waals surface area contributed by atoms with Crippen molar-refractivity contribution in [1.29, 1.82) is 5.26 Å². The van der Waals surface area contributed by atoms with E-state index in [1.165, 1.54) is 13.2 Å². The van der Waals surface area contributed by atoms with Gasteiger partial charge in [0.25, 0.3) is 11.8 Å². The van der Waals surface area contributed by atoms with Crippen LogP contribution in [0.2, 0.25) is 0 Å². The van der Waals surface area contributed by atoms with E-state index in [4.69, 9.17) is 9.47 Å². The van der Waals surface area contributed by atoms with Crippen molar-refractivity contribution in [1.82, 2.24) is 5.32 Å². The summed E-state index contributed by atoms with van der Waals surface area (Å²) in [7, 11) is 1.47. The number of hydrogen-bond donors (Lipinski definition) is 1. The van der Waals surface area contributed by atoms with Crippen LogP contribution in [0.5, 0.6) is 11.5 Å². The highest BCUT2D eigenvalue weighted by atomic mass is 16.5. The van der Waals surface area contributed by atoms with Crippen LogP contribution in [0.25, 0.3) is 6.08 Å². The summed E-state index contributed by atoms with van der Waals surface area (Å²) in [5.74, 6) is -0.701. The van der Waals surface area contributed by atoms with E-state index in [9.17, 15) is 19.6 Å². The SMILES string of the molecule is COc1cc(/C=C2\C(=O)NC(=O)N(c3ccc(C)cc3)C2=O)ccc1OCc1ccccc1C#N. The number of hydrogen-bond acceptors (Lipinski definition) is 6. The molecule has 3 aromatic rings.